The van der Waals surface area contributed by atoms with Crippen LogP contribution in [-0.2, 0) is 16.1 Å². The Kier molecular flexibility index (Phi) is 4.69. The topological polar surface area (TPSA) is 69.0 Å². The lowest BCUT2D eigenvalue weighted by molar-refractivity contribution is -0.122. The second-order valence-corrected chi connectivity index (χ2v) is 4.73. The smallest absolute Gasteiger partial charge is 0.222 e. The summed E-state index contributed by atoms with van der Waals surface area (Å²) in [5, 5.41) is 7.07. The summed E-state index contributed by atoms with van der Waals surface area (Å²) in [4.78, 5) is 15.7. The highest BCUT2D eigenvalue weighted by Crippen LogP contribution is 2.25. The van der Waals surface area contributed by atoms with Gasteiger partial charge >= 0.3 is 0 Å². The molecule has 0 saturated heterocycles. The van der Waals surface area contributed by atoms with Crippen LogP contribution in [0, 0.1) is 5.92 Å². The molecule has 2 atom stereocenters. The molecule has 1 amide bonds. The molecule has 100 valence electrons. The van der Waals surface area contributed by atoms with Crippen molar-refractivity contribution in [2.24, 2.45) is 5.92 Å². The molecule has 1 heterocycles. The molecule has 6 nitrogen and oxygen atoms in total. The lowest BCUT2D eigenvalue weighted by Crippen LogP contribution is -2.39. The van der Waals surface area contributed by atoms with E-state index in [1.54, 1.807) is 18.1 Å². The van der Waals surface area contributed by atoms with Crippen LogP contribution < -0.4 is 5.32 Å². The van der Waals surface area contributed by atoms with Gasteiger partial charge < -0.3 is 10.1 Å². The van der Waals surface area contributed by atoms with Crippen LogP contribution in [0.1, 0.15) is 25.7 Å². The Hall–Kier alpha value is -1.43. The molecule has 0 radical (unpaired) electrons. The average molecular weight is 252 g/mol. The van der Waals surface area contributed by atoms with E-state index in [1.807, 2.05) is 0 Å². The molecule has 0 bridgehead atoms. The molecule has 1 aromatic heterocycles. The second kappa shape index (κ2) is 6.49. The number of nitrogens with zero attached hydrogens (tertiary/aromatic N) is 3. The van der Waals surface area contributed by atoms with Gasteiger partial charge in [0.1, 0.15) is 12.7 Å². The van der Waals surface area contributed by atoms with E-state index in [-0.39, 0.29) is 11.9 Å². The Bertz CT molecular complexity index is 366. The lowest BCUT2D eigenvalue weighted by Gasteiger charge is -2.20. The van der Waals surface area contributed by atoms with Crippen LogP contribution in [-0.4, -0.2) is 40.4 Å². The summed E-state index contributed by atoms with van der Waals surface area (Å²) < 4.78 is 6.85. The number of ether oxygens (including phenoxy) is 1. The highest BCUT2D eigenvalue weighted by Gasteiger charge is 2.28. The van der Waals surface area contributed by atoms with Crippen LogP contribution in [0.15, 0.2) is 12.7 Å². The zero-order chi connectivity index (χ0) is 12.8. The third kappa shape index (κ3) is 3.53. The van der Waals surface area contributed by atoms with Gasteiger partial charge in [0.2, 0.25) is 5.91 Å². The van der Waals surface area contributed by atoms with Gasteiger partial charge in [0.25, 0.3) is 0 Å². The van der Waals surface area contributed by atoms with Gasteiger partial charge in [0, 0.05) is 25.5 Å². The van der Waals surface area contributed by atoms with Gasteiger partial charge in [-0.25, -0.2) is 4.98 Å². The van der Waals surface area contributed by atoms with E-state index in [4.69, 9.17) is 4.74 Å². The Labute approximate surface area is 107 Å². The lowest BCUT2D eigenvalue weighted by atomic mass is 10.0. The van der Waals surface area contributed by atoms with Crippen molar-refractivity contribution < 1.29 is 9.53 Å². The summed E-state index contributed by atoms with van der Waals surface area (Å²) in [7, 11) is 1.71. The summed E-state index contributed by atoms with van der Waals surface area (Å²) in [5.41, 5.74) is 0. The maximum absolute atomic E-state index is 11.8. The first-order valence-electron chi connectivity index (χ1n) is 6.40. The molecule has 1 aliphatic rings. The van der Waals surface area contributed by atoms with Crippen molar-refractivity contribution in [1.29, 1.82) is 0 Å². The maximum atomic E-state index is 11.8. The highest BCUT2D eigenvalue weighted by molar-refractivity contribution is 5.76. The number of methoxy groups -OCH3 is 1. The molecule has 2 rings (SSSR count). The van der Waals surface area contributed by atoms with Gasteiger partial charge in [-0.05, 0) is 12.8 Å². The minimum Gasteiger partial charge on any atom is -0.384 e. The van der Waals surface area contributed by atoms with Crippen molar-refractivity contribution in [3.8, 4) is 0 Å². The number of hydrogen-bond acceptors (Lipinski definition) is 4. The SMILES string of the molecule is COC[C@H]1CCC[C@H]1NC(=O)CCn1cncn1. The third-order valence-corrected chi connectivity index (χ3v) is 3.42. The average Bonchev–Trinajstić information content (AvgIpc) is 2.99. The van der Waals surface area contributed by atoms with Crippen LogP contribution in [0.2, 0.25) is 0 Å². The Balaban J connectivity index is 1.73. The molecule has 0 aromatic carbocycles. The summed E-state index contributed by atoms with van der Waals surface area (Å²) in [5.74, 6) is 0.545. The van der Waals surface area contributed by atoms with E-state index in [9.17, 15) is 4.79 Å². The molecular formula is C12H20N4O2. The fraction of sp³-hybridized carbons (Fsp3) is 0.750. The predicted octanol–water partition coefficient (Wildman–Crippen LogP) is 0.599. The quantitative estimate of drug-likeness (QED) is 0.805. The molecule has 0 spiro atoms. The normalized spacial score (nSPS) is 23.2. The number of rotatable bonds is 6. The summed E-state index contributed by atoms with van der Waals surface area (Å²) in [6, 6.07) is 0.271. The monoisotopic (exact) mass is 252 g/mol. The van der Waals surface area contributed by atoms with E-state index in [0.717, 1.165) is 19.4 Å². The van der Waals surface area contributed by atoms with Crippen molar-refractivity contribution in [2.45, 2.75) is 38.3 Å². The van der Waals surface area contributed by atoms with E-state index < -0.39 is 0 Å². The van der Waals surface area contributed by atoms with E-state index in [0.29, 0.717) is 18.9 Å². The number of aromatic nitrogens is 3. The first-order valence-corrected chi connectivity index (χ1v) is 6.40. The minimum atomic E-state index is 0.0819. The van der Waals surface area contributed by atoms with Crippen LogP contribution in [0.5, 0.6) is 0 Å². The molecule has 0 aliphatic heterocycles. The van der Waals surface area contributed by atoms with Crippen molar-refractivity contribution in [3.05, 3.63) is 12.7 Å². The highest BCUT2D eigenvalue weighted by atomic mass is 16.5. The molecular weight excluding hydrogens is 232 g/mol. The molecule has 1 fully saturated rings. The van der Waals surface area contributed by atoms with Crippen LogP contribution in [0.25, 0.3) is 0 Å². The first kappa shape index (κ1) is 13.0. The van der Waals surface area contributed by atoms with Crippen LogP contribution in [0.3, 0.4) is 0 Å². The van der Waals surface area contributed by atoms with Gasteiger partial charge in [-0.1, -0.05) is 6.42 Å². The van der Waals surface area contributed by atoms with Crippen LogP contribution in [0.4, 0.5) is 0 Å². The molecule has 1 aliphatic carbocycles. The molecule has 18 heavy (non-hydrogen) atoms. The zero-order valence-electron chi connectivity index (χ0n) is 10.7. The van der Waals surface area contributed by atoms with E-state index >= 15 is 0 Å². The fourth-order valence-corrected chi connectivity index (χ4v) is 2.48. The number of aryl methyl sites for hydroxylation is 1. The van der Waals surface area contributed by atoms with Crippen molar-refractivity contribution in [1.82, 2.24) is 20.1 Å². The minimum absolute atomic E-state index is 0.0819. The number of carbonyl (C=O) groups is 1. The number of hydrogen-bond donors (Lipinski definition) is 1. The molecule has 6 heteroatoms. The van der Waals surface area contributed by atoms with Crippen molar-refractivity contribution >= 4 is 5.91 Å². The summed E-state index contributed by atoms with van der Waals surface area (Å²) in [6.07, 6.45) is 6.91. The largest absolute Gasteiger partial charge is 0.384 e. The third-order valence-electron chi connectivity index (χ3n) is 3.42. The van der Waals surface area contributed by atoms with Gasteiger partial charge in [-0.2, -0.15) is 5.10 Å². The van der Waals surface area contributed by atoms with E-state index in [2.05, 4.69) is 15.4 Å². The Morgan fingerprint density at radius 1 is 1.56 bits per heavy atom. The predicted molar refractivity (Wildman–Crippen MR) is 65.8 cm³/mol. The number of carbonyl (C=O) groups excluding carboxylic acids is 1. The summed E-state index contributed by atoms with van der Waals surface area (Å²) >= 11 is 0. The first-order chi connectivity index (χ1) is 8.79. The standard InChI is InChI=1S/C12H20N4O2/c1-18-7-10-3-2-4-11(10)15-12(17)5-6-16-9-13-8-14-16/h8-11H,2-7H2,1H3,(H,15,17)/t10-,11-/m1/s1. The summed E-state index contributed by atoms with van der Waals surface area (Å²) in [6.45, 7) is 1.31. The zero-order valence-corrected chi connectivity index (χ0v) is 10.7. The Morgan fingerprint density at radius 3 is 3.17 bits per heavy atom. The van der Waals surface area contributed by atoms with Gasteiger partial charge in [0.05, 0.1) is 13.2 Å². The van der Waals surface area contributed by atoms with Gasteiger partial charge in [-0.3, -0.25) is 9.48 Å². The molecule has 1 N–H and O–H groups in total. The number of nitrogens with one attached hydrogen (secondary N) is 1. The van der Waals surface area contributed by atoms with Crippen molar-refractivity contribution in [2.75, 3.05) is 13.7 Å². The van der Waals surface area contributed by atoms with Crippen LogP contribution >= 0.6 is 0 Å². The van der Waals surface area contributed by atoms with Gasteiger partial charge in [-0.15, -0.1) is 0 Å². The molecule has 1 saturated carbocycles. The number of amides is 1. The fourth-order valence-electron chi connectivity index (χ4n) is 2.48. The van der Waals surface area contributed by atoms with E-state index in [1.165, 1.54) is 12.7 Å². The maximum Gasteiger partial charge on any atom is 0.222 e. The Morgan fingerprint density at radius 2 is 2.44 bits per heavy atom. The van der Waals surface area contributed by atoms with Gasteiger partial charge in [0.15, 0.2) is 0 Å². The van der Waals surface area contributed by atoms with Crippen molar-refractivity contribution in [3.63, 3.8) is 0 Å². The second-order valence-electron chi connectivity index (χ2n) is 4.73. The molecule has 0 unspecified atom stereocenters. The molecule has 1 aromatic rings.